The first kappa shape index (κ1) is 38.9. The molecule has 0 radical (unpaired) electrons. The zero-order chi connectivity index (χ0) is 29.0. The average Bonchev–Trinajstić information content (AvgIpc) is 2.90. The lowest BCUT2D eigenvalue weighted by molar-refractivity contribution is -0.188. The molecular formula is C33H68F3N. The lowest BCUT2D eigenvalue weighted by Crippen LogP contribution is -2.53. The SMILES string of the molecule is CC.CC.CC.CCC(C)CC1CC(NC2CCCC(C)C2C2CCCC(C(F)(F)F)C2)C1.CCCC. The minimum Gasteiger partial charge on any atom is -0.311 e. The normalized spacial score (nSPS) is 31.8. The number of hydrogen-bond donors (Lipinski definition) is 1. The summed E-state index contributed by atoms with van der Waals surface area (Å²) in [7, 11) is 0. The first-order chi connectivity index (χ1) is 17.7. The molecular weight excluding hydrogens is 467 g/mol. The van der Waals surface area contributed by atoms with Crippen molar-refractivity contribution in [1.29, 1.82) is 0 Å². The minimum atomic E-state index is -4.00. The quantitative estimate of drug-likeness (QED) is 0.342. The summed E-state index contributed by atoms with van der Waals surface area (Å²) in [6.07, 6.45) is 9.85. The molecule has 0 amide bonds. The van der Waals surface area contributed by atoms with Crippen LogP contribution in [0.1, 0.15) is 160 Å². The number of halogens is 3. The van der Waals surface area contributed by atoms with Gasteiger partial charge >= 0.3 is 6.18 Å². The van der Waals surface area contributed by atoms with Gasteiger partial charge in [-0.15, -0.1) is 0 Å². The van der Waals surface area contributed by atoms with Gasteiger partial charge in [0.25, 0.3) is 0 Å². The van der Waals surface area contributed by atoms with Crippen LogP contribution in [0.15, 0.2) is 0 Å². The topological polar surface area (TPSA) is 12.0 Å². The van der Waals surface area contributed by atoms with E-state index in [1.165, 1.54) is 51.4 Å². The van der Waals surface area contributed by atoms with Gasteiger partial charge in [0.15, 0.2) is 0 Å². The molecule has 0 aromatic rings. The Kier molecular flexibility index (Phi) is 23.7. The molecule has 3 aliphatic rings. The van der Waals surface area contributed by atoms with Crippen molar-refractivity contribution in [2.45, 2.75) is 178 Å². The Morgan fingerprint density at radius 2 is 1.32 bits per heavy atom. The molecule has 1 nitrogen and oxygen atoms in total. The molecule has 226 valence electrons. The largest absolute Gasteiger partial charge is 0.391 e. The van der Waals surface area contributed by atoms with Gasteiger partial charge in [0, 0.05) is 12.1 Å². The van der Waals surface area contributed by atoms with Crippen LogP contribution in [0.4, 0.5) is 13.2 Å². The Labute approximate surface area is 231 Å². The lowest BCUT2D eigenvalue weighted by atomic mass is 9.64. The van der Waals surface area contributed by atoms with E-state index in [0.29, 0.717) is 36.8 Å². The Morgan fingerprint density at radius 1 is 0.784 bits per heavy atom. The van der Waals surface area contributed by atoms with Crippen molar-refractivity contribution in [1.82, 2.24) is 5.32 Å². The van der Waals surface area contributed by atoms with Crippen LogP contribution in [0.25, 0.3) is 0 Å². The summed E-state index contributed by atoms with van der Waals surface area (Å²) in [4.78, 5) is 0. The first-order valence-corrected chi connectivity index (χ1v) is 16.5. The minimum absolute atomic E-state index is 0.258. The summed E-state index contributed by atoms with van der Waals surface area (Å²) < 4.78 is 39.9. The lowest BCUT2D eigenvalue weighted by Gasteiger charge is -2.48. The maximum absolute atomic E-state index is 13.3. The van der Waals surface area contributed by atoms with Crippen LogP contribution in [0, 0.1) is 35.5 Å². The zero-order valence-corrected chi connectivity index (χ0v) is 26.9. The van der Waals surface area contributed by atoms with E-state index < -0.39 is 12.1 Å². The predicted octanol–water partition coefficient (Wildman–Crippen LogP) is 11.8. The van der Waals surface area contributed by atoms with E-state index in [-0.39, 0.29) is 5.92 Å². The Balaban J connectivity index is 0. The molecule has 3 saturated carbocycles. The van der Waals surface area contributed by atoms with E-state index in [1.807, 2.05) is 41.5 Å². The molecule has 0 spiro atoms. The second-order valence-electron chi connectivity index (χ2n) is 11.2. The second kappa shape index (κ2) is 22.6. The van der Waals surface area contributed by atoms with Crippen LogP contribution in [-0.4, -0.2) is 18.3 Å². The van der Waals surface area contributed by atoms with Crippen molar-refractivity contribution >= 4 is 0 Å². The molecule has 6 atom stereocenters. The van der Waals surface area contributed by atoms with Gasteiger partial charge < -0.3 is 5.32 Å². The average molecular weight is 536 g/mol. The molecule has 0 aromatic heterocycles. The van der Waals surface area contributed by atoms with Gasteiger partial charge in [0.05, 0.1) is 5.92 Å². The molecule has 0 aliphatic heterocycles. The monoisotopic (exact) mass is 536 g/mol. The maximum Gasteiger partial charge on any atom is 0.391 e. The van der Waals surface area contributed by atoms with Crippen molar-refractivity contribution < 1.29 is 13.2 Å². The van der Waals surface area contributed by atoms with Crippen LogP contribution in [0.3, 0.4) is 0 Å². The molecule has 3 aliphatic carbocycles. The Bertz CT molecular complexity index is 484. The van der Waals surface area contributed by atoms with Gasteiger partial charge in [0.1, 0.15) is 0 Å². The Morgan fingerprint density at radius 3 is 1.81 bits per heavy atom. The maximum atomic E-state index is 13.3. The fourth-order valence-electron chi connectivity index (χ4n) is 6.41. The predicted molar refractivity (Wildman–Crippen MR) is 160 cm³/mol. The fraction of sp³-hybridized carbons (Fsp3) is 1.00. The third-order valence-electron chi connectivity index (χ3n) is 8.64. The van der Waals surface area contributed by atoms with Gasteiger partial charge in [-0.05, 0) is 68.1 Å². The molecule has 6 unspecified atom stereocenters. The molecule has 0 aromatic carbocycles. The van der Waals surface area contributed by atoms with E-state index in [9.17, 15) is 13.2 Å². The molecule has 37 heavy (non-hydrogen) atoms. The molecule has 4 heteroatoms. The molecule has 3 fully saturated rings. The summed E-state index contributed by atoms with van der Waals surface area (Å²) in [5, 5.41) is 3.93. The third-order valence-corrected chi connectivity index (χ3v) is 8.64. The van der Waals surface area contributed by atoms with Crippen LogP contribution in [-0.2, 0) is 0 Å². The zero-order valence-electron chi connectivity index (χ0n) is 26.9. The number of alkyl halides is 3. The smallest absolute Gasteiger partial charge is 0.311 e. The van der Waals surface area contributed by atoms with Gasteiger partial charge in [0.2, 0.25) is 0 Å². The fourth-order valence-corrected chi connectivity index (χ4v) is 6.41. The second-order valence-corrected chi connectivity index (χ2v) is 11.2. The van der Waals surface area contributed by atoms with Crippen molar-refractivity contribution in [2.24, 2.45) is 35.5 Å². The van der Waals surface area contributed by atoms with Crippen LogP contribution >= 0.6 is 0 Å². The van der Waals surface area contributed by atoms with Crippen LogP contribution < -0.4 is 5.32 Å². The highest BCUT2D eigenvalue weighted by atomic mass is 19.4. The molecule has 0 bridgehead atoms. The van der Waals surface area contributed by atoms with Gasteiger partial charge in [-0.3, -0.25) is 0 Å². The number of nitrogens with one attached hydrogen (secondary N) is 1. The van der Waals surface area contributed by atoms with Gasteiger partial charge in [-0.25, -0.2) is 0 Å². The third kappa shape index (κ3) is 14.6. The summed E-state index contributed by atoms with van der Waals surface area (Å²) in [5.41, 5.74) is 0. The molecule has 1 N–H and O–H groups in total. The van der Waals surface area contributed by atoms with Crippen LogP contribution in [0.2, 0.25) is 0 Å². The molecule has 0 saturated heterocycles. The van der Waals surface area contributed by atoms with E-state index in [1.54, 1.807) is 0 Å². The standard InChI is InChI=1S/C23H40F3N.C4H10.3C2H6/c1-4-15(2)11-17-12-20(13-17)27-21-10-5-7-16(3)22(21)18-8-6-9-19(14-18)23(24,25)26;1-3-4-2;3*1-2/h15-22,27H,4-14H2,1-3H3;3-4H2,1-2H3;3*1-2H3. The van der Waals surface area contributed by atoms with E-state index in [0.717, 1.165) is 31.1 Å². The van der Waals surface area contributed by atoms with Crippen molar-refractivity contribution in [2.75, 3.05) is 0 Å². The molecule has 0 heterocycles. The summed E-state index contributed by atoms with van der Waals surface area (Å²) in [5.74, 6) is 1.88. The molecule has 3 rings (SSSR count). The number of hydrogen-bond acceptors (Lipinski definition) is 1. The van der Waals surface area contributed by atoms with Crippen LogP contribution in [0.5, 0.6) is 0 Å². The summed E-state index contributed by atoms with van der Waals surface area (Å²) >= 11 is 0. The summed E-state index contributed by atoms with van der Waals surface area (Å²) in [6.45, 7) is 23.3. The van der Waals surface area contributed by atoms with E-state index >= 15 is 0 Å². The van der Waals surface area contributed by atoms with Crippen molar-refractivity contribution in [3.05, 3.63) is 0 Å². The highest BCUT2D eigenvalue weighted by Gasteiger charge is 2.46. The Hall–Kier alpha value is -0.250. The van der Waals surface area contributed by atoms with Gasteiger partial charge in [-0.2, -0.15) is 13.2 Å². The number of unbranched alkanes of at least 4 members (excludes halogenated alkanes) is 1. The van der Waals surface area contributed by atoms with Gasteiger partial charge in [-0.1, -0.05) is 121 Å². The van der Waals surface area contributed by atoms with E-state index in [4.69, 9.17) is 0 Å². The van der Waals surface area contributed by atoms with Crippen molar-refractivity contribution in [3.63, 3.8) is 0 Å². The summed E-state index contributed by atoms with van der Waals surface area (Å²) in [6, 6.07) is 1.05. The highest BCUT2D eigenvalue weighted by Crippen LogP contribution is 2.47. The number of rotatable bonds is 7. The van der Waals surface area contributed by atoms with Crippen molar-refractivity contribution in [3.8, 4) is 0 Å². The van der Waals surface area contributed by atoms with E-state index in [2.05, 4.69) is 39.9 Å². The first-order valence-electron chi connectivity index (χ1n) is 16.5. The highest BCUT2D eigenvalue weighted by molar-refractivity contribution is 4.96.